The van der Waals surface area contributed by atoms with Gasteiger partial charge in [0.15, 0.2) is 0 Å². The highest BCUT2D eigenvalue weighted by Crippen LogP contribution is 2.23. The van der Waals surface area contributed by atoms with Gasteiger partial charge in [-0.25, -0.2) is 4.79 Å². The van der Waals surface area contributed by atoms with E-state index in [2.05, 4.69) is 5.32 Å². The first-order chi connectivity index (χ1) is 8.33. The number of esters is 1. The molecular weight excluding hydrogens is 228 g/mol. The van der Waals surface area contributed by atoms with Crippen LogP contribution in [0.25, 0.3) is 0 Å². The molecule has 0 spiro atoms. The van der Waals surface area contributed by atoms with E-state index in [0.29, 0.717) is 17.9 Å². The number of hydrogen-bond donors (Lipinski definition) is 2. The van der Waals surface area contributed by atoms with Crippen LogP contribution in [0.3, 0.4) is 0 Å². The zero-order chi connectivity index (χ0) is 13.8. The number of benzene rings is 1. The number of nitrogens with two attached hydrogens (primary N) is 1. The maximum atomic E-state index is 11.9. The fraction of sp³-hybridized carbons (Fsp3) is 0.500. The minimum atomic E-state index is -0.337. The van der Waals surface area contributed by atoms with E-state index in [-0.39, 0.29) is 11.5 Å². The molecule has 4 heteroatoms. The highest BCUT2D eigenvalue weighted by Gasteiger charge is 2.17. The highest BCUT2D eigenvalue weighted by molar-refractivity contribution is 5.96. The van der Waals surface area contributed by atoms with Crippen molar-refractivity contribution in [2.24, 2.45) is 0 Å². The van der Waals surface area contributed by atoms with Crippen LogP contribution in [0.1, 0.15) is 44.5 Å². The average molecular weight is 250 g/mol. The topological polar surface area (TPSA) is 64.3 Å². The molecule has 3 N–H and O–H groups in total. The molecule has 0 saturated heterocycles. The van der Waals surface area contributed by atoms with Gasteiger partial charge in [-0.15, -0.1) is 0 Å². The molecule has 0 heterocycles. The first-order valence-corrected chi connectivity index (χ1v) is 6.18. The fourth-order valence-corrected chi connectivity index (χ4v) is 1.52. The third kappa shape index (κ3) is 4.28. The molecule has 0 amide bonds. The summed E-state index contributed by atoms with van der Waals surface area (Å²) in [4.78, 5) is 11.9. The zero-order valence-electron chi connectivity index (χ0n) is 11.5. The van der Waals surface area contributed by atoms with E-state index >= 15 is 0 Å². The Morgan fingerprint density at radius 1 is 1.39 bits per heavy atom. The van der Waals surface area contributed by atoms with Crippen LogP contribution < -0.4 is 11.1 Å². The molecule has 4 nitrogen and oxygen atoms in total. The fourth-order valence-electron chi connectivity index (χ4n) is 1.52. The summed E-state index contributed by atoms with van der Waals surface area (Å²) < 4.78 is 5.15. The molecule has 100 valence electrons. The average Bonchev–Trinajstić information content (AvgIpc) is 2.26. The molecule has 1 rings (SSSR count). The molecule has 0 aliphatic heterocycles. The number of carbonyl (C=O) groups excluding carboxylic acids is 1. The predicted molar refractivity (Wildman–Crippen MR) is 74.8 cm³/mol. The van der Waals surface area contributed by atoms with Gasteiger partial charge in [0.1, 0.15) is 0 Å². The van der Waals surface area contributed by atoms with Gasteiger partial charge in [0.05, 0.1) is 12.2 Å². The Morgan fingerprint density at radius 3 is 2.61 bits per heavy atom. The Kier molecular flexibility index (Phi) is 4.59. The number of nitrogens with one attached hydrogen (secondary N) is 1. The van der Waals surface area contributed by atoms with Crippen molar-refractivity contribution in [3.63, 3.8) is 0 Å². The quantitative estimate of drug-likeness (QED) is 0.636. The molecule has 1 aromatic carbocycles. The van der Waals surface area contributed by atoms with Crippen molar-refractivity contribution in [1.29, 1.82) is 0 Å². The SMILES string of the molecule is CCCOC(=O)c1cc(N)ccc1NC(C)(C)C. The van der Waals surface area contributed by atoms with Gasteiger partial charge in [-0.2, -0.15) is 0 Å². The largest absolute Gasteiger partial charge is 0.462 e. The van der Waals surface area contributed by atoms with Crippen molar-refractivity contribution in [3.05, 3.63) is 23.8 Å². The molecule has 0 fully saturated rings. The number of rotatable bonds is 4. The molecule has 0 saturated carbocycles. The highest BCUT2D eigenvalue weighted by atomic mass is 16.5. The normalized spacial score (nSPS) is 11.1. The Bertz CT molecular complexity index is 422. The Labute approximate surface area is 109 Å². The third-order valence-corrected chi connectivity index (χ3v) is 2.21. The molecule has 1 aromatic rings. The van der Waals surface area contributed by atoms with Gasteiger partial charge in [-0.1, -0.05) is 6.92 Å². The molecule has 0 aliphatic rings. The summed E-state index contributed by atoms with van der Waals surface area (Å²) in [5, 5.41) is 3.28. The number of nitrogen functional groups attached to an aromatic ring is 1. The molecule has 0 aromatic heterocycles. The minimum absolute atomic E-state index is 0.129. The van der Waals surface area contributed by atoms with Crippen LogP contribution in [0.5, 0.6) is 0 Å². The van der Waals surface area contributed by atoms with Crippen LogP contribution in [0.15, 0.2) is 18.2 Å². The Hall–Kier alpha value is -1.71. The monoisotopic (exact) mass is 250 g/mol. The van der Waals surface area contributed by atoms with Crippen molar-refractivity contribution in [2.75, 3.05) is 17.7 Å². The summed E-state index contributed by atoms with van der Waals surface area (Å²) in [6, 6.07) is 5.22. The maximum Gasteiger partial charge on any atom is 0.340 e. The van der Waals surface area contributed by atoms with E-state index in [1.807, 2.05) is 33.8 Å². The summed E-state index contributed by atoms with van der Waals surface area (Å²) in [7, 11) is 0. The summed E-state index contributed by atoms with van der Waals surface area (Å²) >= 11 is 0. The van der Waals surface area contributed by atoms with Crippen molar-refractivity contribution < 1.29 is 9.53 Å². The second kappa shape index (κ2) is 5.76. The molecule has 0 aliphatic carbocycles. The molecular formula is C14H22N2O2. The molecule has 0 unspecified atom stereocenters. The zero-order valence-corrected chi connectivity index (χ0v) is 11.5. The molecule has 0 atom stereocenters. The first-order valence-electron chi connectivity index (χ1n) is 6.18. The minimum Gasteiger partial charge on any atom is -0.462 e. The lowest BCUT2D eigenvalue weighted by atomic mass is 10.1. The van der Waals surface area contributed by atoms with Crippen LogP contribution in [0, 0.1) is 0 Å². The second-order valence-corrected chi connectivity index (χ2v) is 5.32. The lowest BCUT2D eigenvalue weighted by Gasteiger charge is -2.24. The summed E-state index contributed by atoms with van der Waals surface area (Å²) in [6.45, 7) is 8.48. The van der Waals surface area contributed by atoms with E-state index in [1.54, 1.807) is 12.1 Å². The van der Waals surface area contributed by atoms with Gasteiger partial charge < -0.3 is 15.8 Å². The van der Waals surface area contributed by atoms with Crippen LogP contribution in [0.2, 0.25) is 0 Å². The van der Waals surface area contributed by atoms with Crippen LogP contribution in [0.4, 0.5) is 11.4 Å². The number of ether oxygens (including phenoxy) is 1. The van der Waals surface area contributed by atoms with E-state index in [9.17, 15) is 4.79 Å². The number of hydrogen-bond acceptors (Lipinski definition) is 4. The number of anilines is 2. The first kappa shape index (κ1) is 14.4. The van der Waals surface area contributed by atoms with Gasteiger partial charge in [-0.05, 0) is 45.4 Å². The van der Waals surface area contributed by atoms with Crippen molar-refractivity contribution in [3.8, 4) is 0 Å². The van der Waals surface area contributed by atoms with E-state index in [4.69, 9.17) is 10.5 Å². The maximum absolute atomic E-state index is 11.9. The van der Waals surface area contributed by atoms with Crippen molar-refractivity contribution >= 4 is 17.3 Å². The number of carbonyl (C=O) groups is 1. The van der Waals surface area contributed by atoms with Crippen molar-refractivity contribution in [2.45, 2.75) is 39.7 Å². The lowest BCUT2D eigenvalue weighted by molar-refractivity contribution is 0.0506. The van der Waals surface area contributed by atoms with E-state index in [0.717, 1.165) is 12.1 Å². The lowest BCUT2D eigenvalue weighted by Crippen LogP contribution is -2.27. The van der Waals surface area contributed by atoms with Crippen LogP contribution in [-0.4, -0.2) is 18.1 Å². The smallest absolute Gasteiger partial charge is 0.340 e. The second-order valence-electron chi connectivity index (χ2n) is 5.32. The van der Waals surface area contributed by atoms with Crippen LogP contribution in [-0.2, 0) is 4.74 Å². The molecule has 18 heavy (non-hydrogen) atoms. The van der Waals surface area contributed by atoms with E-state index < -0.39 is 0 Å². The summed E-state index contributed by atoms with van der Waals surface area (Å²) in [6.07, 6.45) is 0.802. The van der Waals surface area contributed by atoms with Gasteiger partial charge in [0, 0.05) is 16.9 Å². The van der Waals surface area contributed by atoms with Gasteiger partial charge in [0.25, 0.3) is 0 Å². The van der Waals surface area contributed by atoms with Gasteiger partial charge >= 0.3 is 5.97 Å². The van der Waals surface area contributed by atoms with E-state index in [1.165, 1.54) is 0 Å². The molecule has 0 radical (unpaired) electrons. The van der Waals surface area contributed by atoms with Crippen LogP contribution >= 0.6 is 0 Å². The predicted octanol–water partition coefficient (Wildman–Crippen LogP) is 3.05. The Balaban J connectivity index is 3.00. The Morgan fingerprint density at radius 2 is 2.06 bits per heavy atom. The third-order valence-electron chi connectivity index (χ3n) is 2.21. The van der Waals surface area contributed by atoms with Crippen molar-refractivity contribution in [1.82, 2.24) is 0 Å². The van der Waals surface area contributed by atoms with Gasteiger partial charge in [0.2, 0.25) is 0 Å². The molecule has 0 bridgehead atoms. The van der Waals surface area contributed by atoms with Gasteiger partial charge in [-0.3, -0.25) is 0 Å². The summed E-state index contributed by atoms with van der Waals surface area (Å²) in [5.41, 5.74) is 7.38. The summed E-state index contributed by atoms with van der Waals surface area (Å²) in [5.74, 6) is -0.337. The standard InChI is InChI=1S/C14H22N2O2/c1-5-8-18-13(17)11-9-10(15)6-7-12(11)16-14(2,3)4/h6-7,9,16H,5,8,15H2,1-4H3.